The predicted molar refractivity (Wildman–Crippen MR) is 77.0 cm³/mol. The molecule has 0 radical (unpaired) electrons. The fourth-order valence-electron chi connectivity index (χ4n) is 2.47. The number of halogens is 4. The van der Waals surface area contributed by atoms with Gasteiger partial charge in [0.25, 0.3) is 11.6 Å². The molecule has 1 aromatic rings. The molecule has 0 bridgehead atoms. The van der Waals surface area contributed by atoms with Gasteiger partial charge in [-0.2, -0.15) is 28.4 Å². The topological polar surface area (TPSA) is 70.7 Å². The van der Waals surface area contributed by atoms with E-state index in [4.69, 9.17) is 11.6 Å². The second kappa shape index (κ2) is 5.48. The molecule has 10 heteroatoms. The van der Waals surface area contributed by atoms with Crippen LogP contribution in [-0.2, 0) is 4.79 Å². The van der Waals surface area contributed by atoms with Crippen molar-refractivity contribution in [1.29, 1.82) is 0 Å². The van der Waals surface area contributed by atoms with Crippen molar-refractivity contribution in [2.75, 3.05) is 0 Å². The predicted octanol–water partition coefficient (Wildman–Crippen LogP) is 2.57. The Hall–Kier alpha value is -1.61. The van der Waals surface area contributed by atoms with Crippen LogP contribution in [0.1, 0.15) is 37.7 Å². The number of rotatable bonds is 2. The van der Waals surface area contributed by atoms with E-state index >= 15 is 0 Å². The second-order valence-corrected chi connectivity index (χ2v) is 5.96. The SMILES string of the molecule is CC1=NN(C(=O)[C@@H](C)n2nc(C)c(Cl)c2C)[C@](O)(C(F)(F)F)C1. The van der Waals surface area contributed by atoms with Crippen LogP contribution in [-0.4, -0.2) is 43.4 Å². The van der Waals surface area contributed by atoms with E-state index in [2.05, 4.69) is 10.2 Å². The summed E-state index contributed by atoms with van der Waals surface area (Å²) in [4.78, 5) is 12.5. The zero-order valence-electron chi connectivity index (χ0n) is 12.9. The lowest BCUT2D eigenvalue weighted by molar-refractivity contribution is -0.303. The van der Waals surface area contributed by atoms with E-state index in [1.54, 1.807) is 13.8 Å². The van der Waals surface area contributed by atoms with Crippen molar-refractivity contribution >= 4 is 23.2 Å². The third kappa shape index (κ3) is 2.72. The molecule has 128 valence electrons. The first-order valence-corrected chi connectivity index (χ1v) is 7.16. The maximum atomic E-state index is 13.2. The number of aromatic nitrogens is 2. The van der Waals surface area contributed by atoms with E-state index in [-0.39, 0.29) is 10.7 Å². The number of carbonyl (C=O) groups excluding carboxylic acids is 1. The molecule has 0 aromatic carbocycles. The monoisotopic (exact) mass is 352 g/mol. The van der Waals surface area contributed by atoms with Gasteiger partial charge in [0.2, 0.25) is 0 Å². The van der Waals surface area contributed by atoms with Gasteiger partial charge in [0.05, 0.1) is 16.4 Å². The zero-order chi connectivity index (χ0) is 17.7. The molecule has 1 aromatic heterocycles. The maximum absolute atomic E-state index is 13.2. The average Bonchev–Trinajstić information content (AvgIpc) is 2.88. The minimum Gasteiger partial charge on any atom is -0.362 e. The first kappa shape index (κ1) is 17.7. The molecule has 0 saturated heterocycles. The van der Waals surface area contributed by atoms with E-state index in [1.165, 1.54) is 18.5 Å². The molecular formula is C13H16ClF3N4O2. The third-order valence-electron chi connectivity index (χ3n) is 3.75. The van der Waals surface area contributed by atoms with Gasteiger partial charge in [0, 0.05) is 12.1 Å². The summed E-state index contributed by atoms with van der Waals surface area (Å²) >= 11 is 5.99. The number of amides is 1. The van der Waals surface area contributed by atoms with Crippen molar-refractivity contribution in [2.45, 2.75) is 52.1 Å². The van der Waals surface area contributed by atoms with Gasteiger partial charge in [-0.3, -0.25) is 9.48 Å². The molecule has 0 aliphatic carbocycles. The van der Waals surface area contributed by atoms with Gasteiger partial charge in [0.1, 0.15) is 6.04 Å². The smallest absolute Gasteiger partial charge is 0.362 e. The summed E-state index contributed by atoms with van der Waals surface area (Å²) in [5, 5.41) is 18.0. The van der Waals surface area contributed by atoms with Gasteiger partial charge >= 0.3 is 6.18 Å². The number of aryl methyl sites for hydroxylation is 1. The molecule has 1 aliphatic heterocycles. The van der Waals surface area contributed by atoms with Crippen LogP contribution in [0, 0.1) is 13.8 Å². The lowest BCUT2D eigenvalue weighted by Crippen LogP contribution is -2.57. The Balaban J connectivity index is 2.40. The van der Waals surface area contributed by atoms with Crippen molar-refractivity contribution < 1.29 is 23.1 Å². The van der Waals surface area contributed by atoms with Gasteiger partial charge in [-0.05, 0) is 27.7 Å². The number of aliphatic hydroxyl groups is 1. The molecule has 0 spiro atoms. The second-order valence-electron chi connectivity index (χ2n) is 5.58. The third-order valence-corrected chi connectivity index (χ3v) is 4.29. The molecule has 1 amide bonds. The highest BCUT2D eigenvalue weighted by molar-refractivity contribution is 6.31. The van der Waals surface area contributed by atoms with Crippen LogP contribution in [0.25, 0.3) is 0 Å². The molecule has 0 saturated carbocycles. The Morgan fingerprint density at radius 1 is 1.39 bits per heavy atom. The van der Waals surface area contributed by atoms with E-state index in [0.717, 1.165) is 0 Å². The van der Waals surface area contributed by atoms with Gasteiger partial charge < -0.3 is 5.11 Å². The molecule has 6 nitrogen and oxygen atoms in total. The number of carbonyl (C=O) groups is 1. The molecular weight excluding hydrogens is 337 g/mol. The van der Waals surface area contributed by atoms with Crippen molar-refractivity contribution in [3.63, 3.8) is 0 Å². The van der Waals surface area contributed by atoms with Crippen LogP contribution in [0.2, 0.25) is 5.02 Å². The zero-order valence-corrected chi connectivity index (χ0v) is 13.7. The molecule has 2 rings (SSSR count). The minimum absolute atomic E-state index is 0.0109. The molecule has 1 aliphatic rings. The first-order valence-electron chi connectivity index (χ1n) is 6.78. The summed E-state index contributed by atoms with van der Waals surface area (Å²) in [5.74, 6) is -1.02. The quantitative estimate of drug-likeness (QED) is 0.889. The van der Waals surface area contributed by atoms with Gasteiger partial charge in [-0.15, -0.1) is 0 Å². The Morgan fingerprint density at radius 2 is 1.96 bits per heavy atom. The van der Waals surface area contributed by atoms with Crippen LogP contribution < -0.4 is 0 Å². The highest BCUT2D eigenvalue weighted by Gasteiger charge is 2.63. The van der Waals surface area contributed by atoms with Gasteiger partial charge in [-0.1, -0.05) is 11.6 Å². The fraction of sp³-hybridized carbons (Fsp3) is 0.615. The van der Waals surface area contributed by atoms with Crippen LogP contribution in [0.3, 0.4) is 0 Å². The van der Waals surface area contributed by atoms with E-state index in [0.29, 0.717) is 16.4 Å². The Bertz CT molecular complexity index is 685. The summed E-state index contributed by atoms with van der Waals surface area (Å²) < 4.78 is 40.8. The molecule has 1 N–H and O–H groups in total. The molecule has 0 unspecified atom stereocenters. The average molecular weight is 353 g/mol. The number of nitrogens with zero attached hydrogens (tertiary/aromatic N) is 4. The number of hydrazone groups is 1. The summed E-state index contributed by atoms with van der Waals surface area (Å²) in [7, 11) is 0. The fourth-order valence-corrected chi connectivity index (χ4v) is 2.60. The van der Waals surface area contributed by atoms with Crippen LogP contribution in [0.15, 0.2) is 5.10 Å². The minimum atomic E-state index is -5.03. The number of alkyl halides is 3. The van der Waals surface area contributed by atoms with Crippen LogP contribution in [0.5, 0.6) is 0 Å². The summed E-state index contributed by atoms with van der Waals surface area (Å²) in [6, 6.07) is -1.11. The van der Waals surface area contributed by atoms with Crippen molar-refractivity contribution in [1.82, 2.24) is 14.8 Å². The summed E-state index contributed by atoms with van der Waals surface area (Å²) in [5.41, 5.74) is -2.43. The van der Waals surface area contributed by atoms with Gasteiger partial charge in [-0.25, -0.2) is 0 Å². The molecule has 0 fully saturated rings. The highest BCUT2D eigenvalue weighted by Crippen LogP contribution is 2.41. The number of hydrogen-bond acceptors (Lipinski definition) is 4. The van der Waals surface area contributed by atoms with E-state index in [1.807, 2.05) is 0 Å². The lowest BCUT2D eigenvalue weighted by Gasteiger charge is -2.34. The maximum Gasteiger partial charge on any atom is 0.438 e. The summed E-state index contributed by atoms with van der Waals surface area (Å²) in [6.07, 6.45) is -5.82. The summed E-state index contributed by atoms with van der Waals surface area (Å²) in [6.45, 7) is 5.90. The Labute approximate surface area is 135 Å². The van der Waals surface area contributed by atoms with Crippen molar-refractivity contribution in [3.05, 3.63) is 16.4 Å². The highest BCUT2D eigenvalue weighted by atomic mass is 35.5. The number of hydrogen-bond donors (Lipinski definition) is 1. The molecule has 23 heavy (non-hydrogen) atoms. The van der Waals surface area contributed by atoms with E-state index < -0.39 is 30.3 Å². The van der Waals surface area contributed by atoms with Crippen molar-refractivity contribution in [2.24, 2.45) is 5.10 Å². The lowest BCUT2D eigenvalue weighted by atomic mass is 10.1. The van der Waals surface area contributed by atoms with Crippen molar-refractivity contribution in [3.8, 4) is 0 Å². The standard InChI is InChI=1S/C13H16ClF3N4O2/c1-6-5-12(23,13(15,16)17)21(18-6)11(22)9(4)20-8(3)10(14)7(2)19-20/h9,23H,5H2,1-4H3/t9-,12-/m1/s1. The van der Waals surface area contributed by atoms with E-state index in [9.17, 15) is 23.1 Å². The van der Waals surface area contributed by atoms with Crippen LogP contribution >= 0.6 is 11.6 Å². The first-order chi connectivity index (χ1) is 10.4. The largest absolute Gasteiger partial charge is 0.438 e. The Kier molecular flexibility index (Phi) is 4.23. The molecule has 2 atom stereocenters. The molecule has 2 heterocycles. The normalized spacial score (nSPS) is 23.2. The van der Waals surface area contributed by atoms with Crippen LogP contribution in [0.4, 0.5) is 13.2 Å². The van der Waals surface area contributed by atoms with Gasteiger partial charge in [0.15, 0.2) is 0 Å². The Morgan fingerprint density at radius 3 is 2.39 bits per heavy atom.